The lowest BCUT2D eigenvalue weighted by atomic mass is 9.63. The Hall–Kier alpha value is -3.99. The Morgan fingerprint density at radius 3 is 2.39 bits per heavy atom. The van der Waals surface area contributed by atoms with Gasteiger partial charge in [0.15, 0.2) is 11.6 Å². The van der Waals surface area contributed by atoms with E-state index in [2.05, 4.69) is 30.1 Å². The molecule has 3 aliphatic rings. The van der Waals surface area contributed by atoms with Crippen LogP contribution >= 0.6 is 0 Å². The summed E-state index contributed by atoms with van der Waals surface area (Å²) in [5.41, 5.74) is 4.14. The first kappa shape index (κ1) is 27.2. The van der Waals surface area contributed by atoms with Crippen molar-refractivity contribution >= 4 is 34.9 Å². The quantitative estimate of drug-likeness (QED) is 0.358. The van der Waals surface area contributed by atoms with Gasteiger partial charge in [-0.05, 0) is 54.2 Å². The molecular weight excluding hydrogens is 508 g/mol. The van der Waals surface area contributed by atoms with E-state index in [1.54, 1.807) is 0 Å². The number of carbonyl (C=O) groups is 3. The van der Waals surface area contributed by atoms with Gasteiger partial charge in [-0.1, -0.05) is 101 Å². The Labute approximate surface area is 242 Å². The number of anilines is 2. The molecule has 0 unspecified atom stereocenters. The molecule has 1 amide bonds. The number of fused-ring (bicyclic) bond motifs is 6. The van der Waals surface area contributed by atoms with Crippen molar-refractivity contribution in [2.24, 2.45) is 17.3 Å². The van der Waals surface area contributed by atoms with Crippen molar-refractivity contribution in [1.82, 2.24) is 0 Å². The molecule has 1 fully saturated rings. The van der Waals surface area contributed by atoms with E-state index in [4.69, 9.17) is 0 Å². The van der Waals surface area contributed by atoms with Gasteiger partial charge in [0.25, 0.3) is 0 Å². The average molecular weight is 547 g/mol. The van der Waals surface area contributed by atoms with Crippen LogP contribution in [-0.4, -0.2) is 29.6 Å². The van der Waals surface area contributed by atoms with Gasteiger partial charge in [0.1, 0.15) is 11.5 Å². The second-order valence-electron chi connectivity index (χ2n) is 13.3. The lowest BCUT2D eigenvalue weighted by molar-refractivity contribution is -0.128. The van der Waals surface area contributed by atoms with Crippen LogP contribution in [0, 0.1) is 24.2 Å². The summed E-state index contributed by atoms with van der Waals surface area (Å²) in [6.07, 6.45) is 5.00. The molecule has 0 radical (unpaired) electrons. The summed E-state index contributed by atoms with van der Waals surface area (Å²) in [6.45, 7) is 12.1. The van der Waals surface area contributed by atoms with Crippen molar-refractivity contribution in [3.8, 4) is 0 Å². The predicted molar refractivity (Wildman–Crippen MR) is 164 cm³/mol. The highest BCUT2D eigenvalue weighted by molar-refractivity contribution is 6.17. The highest BCUT2D eigenvalue weighted by atomic mass is 16.2. The minimum Gasteiger partial charge on any atom is -0.352 e. The summed E-state index contributed by atoms with van der Waals surface area (Å²) in [5.74, 6) is -0.877. The number of rotatable bonds is 5. The second kappa shape index (κ2) is 9.54. The van der Waals surface area contributed by atoms with E-state index >= 15 is 0 Å². The highest BCUT2D eigenvalue weighted by Gasteiger charge is 2.70. The average Bonchev–Trinajstić information content (AvgIpc) is 3.39. The summed E-state index contributed by atoms with van der Waals surface area (Å²) in [7, 11) is 0. The monoisotopic (exact) mass is 546 g/mol. The minimum atomic E-state index is -1.27. The third-order valence-electron chi connectivity index (χ3n) is 8.96. The van der Waals surface area contributed by atoms with E-state index in [0.29, 0.717) is 17.2 Å². The van der Waals surface area contributed by atoms with Crippen LogP contribution in [0.3, 0.4) is 0 Å². The molecule has 4 atom stereocenters. The van der Waals surface area contributed by atoms with Crippen LogP contribution in [0.25, 0.3) is 6.08 Å². The number of nitrogens with zero attached hydrogens (tertiary/aromatic N) is 1. The molecule has 1 saturated heterocycles. The fourth-order valence-corrected chi connectivity index (χ4v) is 7.20. The summed E-state index contributed by atoms with van der Waals surface area (Å²) in [4.78, 5) is 45.9. The van der Waals surface area contributed by atoms with Crippen molar-refractivity contribution in [2.75, 3.05) is 10.2 Å². The lowest BCUT2D eigenvalue weighted by Gasteiger charge is -2.38. The highest BCUT2D eigenvalue weighted by Crippen LogP contribution is 2.58. The molecule has 210 valence electrons. The van der Waals surface area contributed by atoms with Crippen LogP contribution in [0.2, 0.25) is 0 Å². The normalized spacial score (nSPS) is 24.3. The lowest BCUT2D eigenvalue weighted by Crippen LogP contribution is -2.51. The van der Waals surface area contributed by atoms with E-state index in [9.17, 15) is 14.4 Å². The van der Waals surface area contributed by atoms with E-state index < -0.39 is 28.8 Å². The molecule has 0 aromatic heterocycles. The predicted octanol–water partition coefficient (Wildman–Crippen LogP) is 6.78. The van der Waals surface area contributed by atoms with Crippen molar-refractivity contribution in [2.45, 2.75) is 65.5 Å². The summed E-state index contributed by atoms with van der Waals surface area (Å²) in [6, 6.07) is 20.2. The Kier molecular flexibility index (Phi) is 6.33. The van der Waals surface area contributed by atoms with Crippen molar-refractivity contribution < 1.29 is 14.4 Å². The fourth-order valence-electron chi connectivity index (χ4n) is 7.20. The van der Waals surface area contributed by atoms with Crippen LogP contribution in [0.5, 0.6) is 0 Å². The minimum absolute atomic E-state index is 0.0480. The molecule has 1 N–H and O–H groups in total. The third kappa shape index (κ3) is 4.08. The number of benzene rings is 3. The number of hydrogen-bond donors (Lipinski definition) is 1. The maximum Gasteiger partial charge on any atom is 0.238 e. The van der Waals surface area contributed by atoms with Gasteiger partial charge in [-0.15, -0.1) is 0 Å². The van der Waals surface area contributed by atoms with Gasteiger partial charge < -0.3 is 10.2 Å². The Morgan fingerprint density at radius 1 is 1.00 bits per heavy atom. The molecule has 1 spiro atoms. The smallest absolute Gasteiger partial charge is 0.238 e. The molecule has 3 heterocycles. The van der Waals surface area contributed by atoms with E-state index in [1.807, 2.05) is 101 Å². The molecule has 0 aliphatic carbocycles. The zero-order valence-corrected chi connectivity index (χ0v) is 24.7. The number of para-hydroxylation sites is 1. The van der Waals surface area contributed by atoms with Gasteiger partial charge in [-0.2, -0.15) is 0 Å². The van der Waals surface area contributed by atoms with Crippen molar-refractivity contribution in [1.29, 1.82) is 0 Å². The second-order valence-corrected chi connectivity index (χ2v) is 13.3. The van der Waals surface area contributed by atoms with E-state index in [1.165, 1.54) is 0 Å². The zero-order chi connectivity index (χ0) is 29.3. The van der Waals surface area contributed by atoms with Gasteiger partial charge in [0, 0.05) is 22.4 Å². The van der Waals surface area contributed by atoms with Crippen molar-refractivity contribution in [3.05, 3.63) is 101 Å². The maximum absolute atomic E-state index is 14.9. The summed E-state index contributed by atoms with van der Waals surface area (Å²) in [5, 5.41) is 3.10. The molecule has 5 nitrogen and oxygen atoms in total. The Bertz CT molecular complexity index is 1590. The number of ketones is 2. The summed E-state index contributed by atoms with van der Waals surface area (Å²) < 4.78 is 0. The molecule has 41 heavy (non-hydrogen) atoms. The van der Waals surface area contributed by atoms with Crippen molar-refractivity contribution in [3.63, 3.8) is 0 Å². The zero-order valence-electron chi connectivity index (χ0n) is 24.7. The Balaban J connectivity index is 1.62. The number of carbonyl (C=O) groups excluding carboxylic acids is 3. The first-order chi connectivity index (χ1) is 19.4. The molecule has 3 aromatic rings. The number of nitrogens with one attached hydrogen (secondary N) is 1. The van der Waals surface area contributed by atoms with Gasteiger partial charge in [0.2, 0.25) is 5.91 Å². The maximum atomic E-state index is 14.9. The third-order valence-corrected chi connectivity index (χ3v) is 8.96. The first-order valence-electron chi connectivity index (χ1n) is 14.6. The van der Waals surface area contributed by atoms with Crippen LogP contribution in [0.15, 0.2) is 72.8 Å². The van der Waals surface area contributed by atoms with Crippen LogP contribution in [0.4, 0.5) is 11.4 Å². The van der Waals surface area contributed by atoms with Crippen LogP contribution in [-0.2, 0) is 21.4 Å². The number of Topliss-reactive ketones (excluding diaryl/α,β-unsaturated/α-hetero) is 2. The van der Waals surface area contributed by atoms with Crippen LogP contribution < -0.4 is 10.2 Å². The molecule has 3 aromatic carbocycles. The Morgan fingerprint density at radius 2 is 1.71 bits per heavy atom. The molecule has 0 bridgehead atoms. The summed E-state index contributed by atoms with van der Waals surface area (Å²) >= 11 is 0. The molecule has 5 heteroatoms. The SMILES string of the molecule is Cc1ccc2c(c1)C=C[C@@H]1N2[C@H](C(=O)C(C)(C)C)[C@H](C(=O)c2ccc(CC(C)C)cc2)[C@]12C(=O)Nc1ccccc12. The number of amides is 1. The molecular formula is C36H38N2O3. The van der Waals surface area contributed by atoms with Gasteiger partial charge >= 0.3 is 0 Å². The largest absolute Gasteiger partial charge is 0.352 e. The van der Waals surface area contributed by atoms with Gasteiger partial charge in [0.05, 0.1) is 12.0 Å². The standard InChI is InChI=1S/C36H38N2O3/c1-21(2)19-23-12-14-24(15-13-23)32(39)30-31(33(40)35(4,5)6)38-28-17-11-22(3)20-25(28)16-18-29(38)36(30)26-9-7-8-10-27(26)37-34(36)41/h7-18,20-21,29-31H,19H2,1-6H3,(H,37,41)/t29-,30+,31-,36+/m0/s1. The molecule has 0 saturated carbocycles. The number of aryl methyl sites for hydroxylation is 1. The van der Waals surface area contributed by atoms with E-state index in [0.717, 1.165) is 34.4 Å². The van der Waals surface area contributed by atoms with Gasteiger partial charge in [-0.3, -0.25) is 14.4 Å². The first-order valence-corrected chi connectivity index (χ1v) is 14.6. The van der Waals surface area contributed by atoms with E-state index in [-0.39, 0.29) is 17.5 Å². The molecule has 3 aliphatic heterocycles. The topological polar surface area (TPSA) is 66.5 Å². The van der Waals surface area contributed by atoms with Gasteiger partial charge in [-0.25, -0.2) is 0 Å². The van der Waals surface area contributed by atoms with Crippen LogP contribution in [0.1, 0.15) is 67.2 Å². The molecule has 6 rings (SSSR count). The fraction of sp³-hybridized carbons (Fsp3) is 0.361. The number of hydrogen-bond acceptors (Lipinski definition) is 4.